The Morgan fingerprint density at radius 3 is 2.09 bits per heavy atom. The van der Waals surface area contributed by atoms with E-state index in [0.29, 0.717) is 6.42 Å². The van der Waals surface area contributed by atoms with Gasteiger partial charge in [-0.1, -0.05) is 0 Å². The fourth-order valence-electron chi connectivity index (χ4n) is 0.319. The molecule has 1 amide bonds. The van der Waals surface area contributed by atoms with Gasteiger partial charge in [0.2, 0.25) is 6.41 Å². The molecule has 66 valence electrons. The van der Waals surface area contributed by atoms with Crippen LogP contribution >= 0.6 is 7.92 Å². The Hall–Kier alpha value is -0.630. The fourth-order valence-corrected chi connectivity index (χ4v) is 0.958. The molecular formula is C6H14NO3P. The summed E-state index contributed by atoms with van der Waals surface area (Å²) in [4.78, 5) is 18.5. The second-order valence-corrected chi connectivity index (χ2v) is 4.69. The van der Waals surface area contributed by atoms with E-state index in [0.717, 1.165) is 6.16 Å². The SMILES string of the molecule is CP(C)CCC(=O)O.NC=O. The maximum atomic E-state index is 9.91. The molecule has 0 aromatic rings. The number of hydrogen-bond donors (Lipinski definition) is 2. The lowest BCUT2D eigenvalue weighted by atomic mass is 10.5. The maximum absolute atomic E-state index is 9.91. The van der Waals surface area contributed by atoms with Gasteiger partial charge in [-0.25, -0.2) is 0 Å². The zero-order valence-electron chi connectivity index (χ0n) is 6.78. The summed E-state index contributed by atoms with van der Waals surface area (Å²) >= 11 is 0. The molecule has 11 heavy (non-hydrogen) atoms. The minimum Gasteiger partial charge on any atom is -0.481 e. The molecule has 0 rings (SSSR count). The third-order valence-electron chi connectivity index (χ3n) is 0.773. The van der Waals surface area contributed by atoms with Crippen molar-refractivity contribution >= 4 is 20.3 Å². The lowest BCUT2D eigenvalue weighted by molar-refractivity contribution is -0.136. The molecule has 0 aliphatic rings. The second kappa shape index (κ2) is 9.37. The summed E-state index contributed by atoms with van der Waals surface area (Å²) in [6.45, 7) is 4.16. The van der Waals surface area contributed by atoms with Crippen LogP contribution in [0.15, 0.2) is 0 Å². The summed E-state index contributed by atoms with van der Waals surface area (Å²) in [7, 11) is -0.0138. The quantitative estimate of drug-likeness (QED) is 0.483. The van der Waals surface area contributed by atoms with Crippen molar-refractivity contribution in [2.24, 2.45) is 5.73 Å². The first kappa shape index (κ1) is 13.0. The molecule has 0 saturated carbocycles. The molecule has 0 fully saturated rings. The highest BCUT2D eigenvalue weighted by atomic mass is 31.1. The topological polar surface area (TPSA) is 80.4 Å². The van der Waals surface area contributed by atoms with Crippen molar-refractivity contribution in [1.82, 2.24) is 0 Å². The van der Waals surface area contributed by atoms with Crippen molar-refractivity contribution in [2.45, 2.75) is 6.42 Å². The minimum absolute atomic E-state index is 0.0138. The highest BCUT2D eigenvalue weighted by molar-refractivity contribution is 7.56. The van der Waals surface area contributed by atoms with E-state index in [9.17, 15) is 4.79 Å². The van der Waals surface area contributed by atoms with Gasteiger partial charge in [0, 0.05) is 6.42 Å². The number of hydrogen-bond acceptors (Lipinski definition) is 2. The molecule has 5 heteroatoms. The van der Waals surface area contributed by atoms with Crippen LogP contribution in [0.25, 0.3) is 0 Å². The Morgan fingerprint density at radius 2 is 2.00 bits per heavy atom. The van der Waals surface area contributed by atoms with Crippen molar-refractivity contribution in [3.8, 4) is 0 Å². The summed E-state index contributed by atoms with van der Waals surface area (Å²) in [5.74, 6) is -0.679. The average Bonchev–Trinajstić information content (AvgIpc) is 1.85. The Labute approximate surface area is 67.5 Å². The number of carbonyl (C=O) groups is 2. The predicted octanol–water partition coefficient (Wildman–Crippen LogP) is 0.304. The highest BCUT2D eigenvalue weighted by Gasteiger charge is 1.97. The molecule has 0 bridgehead atoms. The number of primary amides is 1. The van der Waals surface area contributed by atoms with E-state index >= 15 is 0 Å². The van der Waals surface area contributed by atoms with Crippen LogP contribution in [0.2, 0.25) is 0 Å². The molecule has 4 nitrogen and oxygen atoms in total. The largest absolute Gasteiger partial charge is 0.481 e. The van der Waals surface area contributed by atoms with Crippen LogP contribution in [0, 0.1) is 0 Å². The van der Waals surface area contributed by atoms with Gasteiger partial charge in [-0.2, -0.15) is 0 Å². The molecule has 3 N–H and O–H groups in total. The van der Waals surface area contributed by atoms with E-state index in [-0.39, 0.29) is 14.3 Å². The first-order valence-corrected chi connectivity index (χ1v) is 5.48. The molecular weight excluding hydrogens is 165 g/mol. The summed E-state index contributed by atoms with van der Waals surface area (Å²) < 4.78 is 0. The molecule has 0 spiro atoms. The Bertz CT molecular complexity index is 116. The van der Waals surface area contributed by atoms with Gasteiger partial charge in [0.15, 0.2) is 0 Å². The zero-order chi connectivity index (χ0) is 9.28. The monoisotopic (exact) mass is 179 g/mol. The Balaban J connectivity index is 0. The van der Waals surface area contributed by atoms with Crippen LogP contribution in [0.4, 0.5) is 0 Å². The predicted molar refractivity (Wildman–Crippen MR) is 46.1 cm³/mol. The van der Waals surface area contributed by atoms with Gasteiger partial charge in [-0.05, 0) is 19.5 Å². The number of carboxylic acid groups (broad SMARTS) is 1. The van der Waals surface area contributed by atoms with Crippen molar-refractivity contribution in [3.05, 3.63) is 0 Å². The summed E-state index contributed by atoms with van der Waals surface area (Å²) in [5.41, 5.74) is 4.17. The molecule has 0 saturated heterocycles. The highest BCUT2D eigenvalue weighted by Crippen LogP contribution is 2.24. The normalized spacial score (nSPS) is 8.27. The van der Waals surface area contributed by atoms with E-state index in [1.807, 2.05) is 0 Å². The molecule has 0 aliphatic carbocycles. The van der Waals surface area contributed by atoms with Gasteiger partial charge >= 0.3 is 5.97 Å². The van der Waals surface area contributed by atoms with Crippen molar-refractivity contribution in [1.29, 1.82) is 0 Å². The van der Waals surface area contributed by atoms with Crippen LogP contribution in [0.1, 0.15) is 6.42 Å². The number of carbonyl (C=O) groups excluding carboxylic acids is 1. The maximum Gasteiger partial charge on any atom is 0.303 e. The van der Waals surface area contributed by atoms with Crippen molar-refractivity contribution in [3.63, 3.8) is 0 Å². The van der Waals surface area contributed by atoms with Crippen LogP contribution in [0.5, 0.6) is 0 Å². The van der Waals surface area contributed by atoms with Crippen molar-refractivity contribution < 1.29 is 14.7 Å². The molecule has 0 heterocycles. The minimum atomic E-state index is -0.679. The number of nitrogens with two attached hydrogens (primary N) is 1. The average molecular weight is 179 g/mol. The summed E-state index contributed by atoms with van der Waals surface area (Å²) in [5, 5.41) is 8.17. The zero-order valence-corrected chi connectivity index (χ0v) is 7.67. The van der Waals surface area contributed by atoms with Gasteiger partial charge in [-0.3, -0.25) is 9.59 Å². The number of carboxylic acids is 1. The number of rotatable bonds is 3. The van der Waals surface area contributed by atoms with E-state index in [2.05, 4.69) is 19.1 Å². The standard InChI is InChI=1S/C5H11O2P.CH3NO/c1-8(2)4-3-5(6)7;2-1-3/h3-4H2,1-2H3,(H,6,7);1H,(H2,2,3). The summed E-state index contributed by atoms with van der Waals surface area (Å²) in [6.07, 6.45) is 1.43. The van der Waals surface area contributed by atoms with Gasteiger partial charge in [-0.15, -0.1) is 7.92 Å². The van der Waals surface area contributed by atoms with Crippen molar-refractivity contribution in [2.75, 3.05) is 19.5 Å². The molecule has 0 aromatic carbocycles. The fraction of sp³-hybridized carbons (Fsp3) is 0.667. The van der Waals surface area contributed by atoms with Crippen LogP contribution in [-0.2, 0) is 9.59 Å². The molecule has 0 aromatic heterocycles. The van der Waals surface area contributed by atoms with Gasteiger partial charge in [0.05, 0.1) is 0 Å². The Kier molecular flexibility index (Phi) is 11.1. The third-order valence-corrected chi connectivity index (χ3v) is 1.89. The molecule has 0 atom stereocenters. The first-order chi connectivity index (χ1) is 5.04. The van der Waals surface area contributed by atoms with Crippen LogP contribution in [-0.4, -0.2) is 37.0 Å². The van der Waals surface area contributed by atoms with Crippen LogP contribution in [0.3, 0.4) is 0 Å². The first-order valence-electron chi connectivity index (χ1n) is 3.06. The second-order valence-electron chi connectivity index (χ2n) is 2.08. The van der Waals surface area contributed by atoms with E-state index in [1.165, 1.54) is 0 Å². The van der Waals surface area contributed by atoms with E-state index in [1.54, 1.807) is 0 Å². The van der Waals surface area contributed by atoms with E-state index < -0.39 is 5.97 Å². The smallest absolute Gasteiger partial charge is 0.303 e. The summed E-state index contributed by atoms with van der Waals surface area (Å²) in [6, 6.07) is 0. The molecule has 0 aliphatic heterocycles. The Morgan fingerprint density at radius 1 is 1.64 bits per heavy atom. The lowest BCUT2D eigenvalue weighted by Gasteiger charge is -1.98. The lowest BCUT2D eigenvalue weighted by Crippen LogP contribution is -1.96. The van der Waals surface area contributed by atoms with Crippen LogP contribution < -0.4 is 5.73 Å². The molecule has 0 unspecified atom stereocenters. The number of amides is 1. The third kappa shape index (κ3) is 26.7. The number of aliphatic carboxylic acids is 1. The molecule has 0 radical (unpaired) electrons. The van der Waals surface area contributed by atoms with Gasteiger partial charge in [0.25, 0.3) is 0 Å². The van der Waals surface area contributed by atoms with E-state index in [4.69, 9.17) is 9.90 Å². The van der Waals surface area contributed by atoms with Gasteiger partial charge < -0.3 is 10.8 Å². The van der Waals surface area contributed by atoms with Gasteiger partial charge in [0.1, 0.15) is 0 Å².